The van der Waals surface area contributed by atoms with E-state index in [0.29, 0.717) is 10.2 Å². The highest BCUT2D eigenvalue weighted by Gasteiger charge is 2.15. The highest BCUT2D eigenvalue weighted by molar-refractivity contribution is 9.11. The van der Waals surface area contributed by atoms with E-state index in [4.69, 9.17) is 5.73 Å². The molecule has 1 heterocycles. The van der Waals surface area contributed by atoms with Crippen molar-refractivity contribution in [2.75, 3.05) is 5.73 Å². The van der Waals surface area contributed by atoms with Crippen molar-refractivity contribution >= 4 is 58.9 Å². The maximum atomic E-state index is 12.1. The molecule has 0 aliphatic rings. The number of anilines is 1. The van der Waals surface area contributed by atoms with E-state index in [9.17, 15) is 8.42 Å². The van der Waals surface area contributed by atoms with Crippen molar-refractivity contribution < 1.29 is 8.42 Å². The lowest BCUT2D eigenvalue weighted by molar-refractivity contribution is 0.581. The minimum atomic E-state index is -3.54. The Morgan fingerprint density at radius 3 is 2.53 bits per heavy atom. The van der Waals surface area contributed by atoms with E-state index in [-0.39, 0.29) is 11.4 Å². The number of sulfonamides is 1. The molecule has 19 heavy (non-hydrogen) atoms. The summed E-state index contributed by atoms with van der Waals surface area (Å²) in [5.74, 6) is 0. The fraction of sp³-hybridized carbons (Fsp3) is 0.0909. The predicted molar refractivity (Wildman–Crippen MR) is 84.6 cm³/mol. The van der Waals surface area contributed by atoms with Gasteiger partial charge in [0.05, 0.1) is 4.90 Å². The summed E-state index contributed by atoms with van der Waals surface area (Å²) in [4.78, 5) is 1.11. The van der Waals surface area contributed by atoms with E-state index in [1.807, 2.05) is 11.4 Å². The molecule has 3 N–H and O–H groups in total. The lowest BCUT2D eigenvalue weighted by Gasteiger charge is -2.07. The quantitative estimate of drug-likeness (QED) is 0.737. The fourth-order valence-corrected chi connectivity index (χ4v) is 4.45. The summed E-state index contributed by atoms with van der Waals surface area (Å²) < 4.78 is 28.3. The topological polar surface area (TPSA) is 72.2 Å². The molecule has 0 saturated carbocycles. The molecule has 0 saturated heterocycles. The normalized spacial score (nSPS) is 11.7. The third-order valence-electron chi connectivity index (χ3n) is 2.40. The second kappa shape index (κ2) is 5.92. The first-order chi connectivity index (χ1) is 8.90. The van der Waals surface area contributed by atoms with Gasteiger partial charge in [0.15, 0.2) is 0 Å². The van der Waals surface area contributed by atoms with Gasteiger partial charge in [0.2, 0.25) is 10.0 Å². The molecular formula is C11H10Br2N2O2S2. The van der Waals surface area contributed by atoms with E-state index in [2.05, 4.69) is 36.6 Å². The lowest BCUT2D eigenvalue weighted by Crippen LogP contribution is -2.23. The maximum absolute atomic E-state index is 12.1. The number of hydrogen-bond donors (Lipinski definition) is 2. The van der Waals surface area contributed by atoms with E-state index in [0.717, 1.165) is 9.35 Å². The fourth-order valence-electron chi connectivity index (χ4n) is 1.37. The number of halogens is 2. The Kier molecular flexibility index (Phi) is 4.67. The molecule has 0 radical (unpaired) electrons. The summed E-state index contributed by atoms with van der Waals surface area (Å²) >= 11 is 8.07. The summed E-state index contributed by atoms with van der Waals surface area (Å²) in [5.41, 5.74) is 6.14. The van der Waals surface area contributed by atoms with Crippen LogP contribution in [0.3, 0.4) is 0 Å². The lowest BCUT2D eigenvalue weighted by atomic mass is 10.3. The Bertz CT molecular complexity index is 698. The van der Waals surface area contributed by atoms with Crippen LogP contribution in [0.2, 0.25) is 0 Å². The molecule has 102 valence electrons. The molecule has 0 spiro atoms. The number of hydrogen-bond acceptors (Lipinski definition) is 4. The van der Waals surface area contributed by atoms with Gasteiger partial charge in [-0.3, -0.25) is 0 Å². The minimum Gasteiger partial charge on any atom is -0.398 e. The zero-order chi connectivity index (χ0) is 14.0. The molecule has 0 atom stereocenters. The van der Waals surface area contributed by atoms with Crippen LogP contribution in [0, 0.1) is 0 Å². The van der Waals surface area contributed by atoms with E-state index in [1.165, 1.54) is 23.5 Å². The summed E-state index contributed by atoms with van der Waals surface area (Å²) in [5, 5.41) is 1.90. The van der Waals surface area contributed by atoms with Crippen molar-refractivity contribution in [2.45, 2.75) is 11.4 Å². The van der Waals surface area contributed by atoms with Crippen LogP contribution in [0.5, 0.6) is 0 Å². The SMILES string of the molecule is Nc1ccc(S(=O)(=O)NCc2sccc2Br)cc1Br. The first-order valence-electron chi connectivity index (χ1n) is 5.17. The Morgan fingerprint density at radius 2 is 1.95 bits per heavy atom. The highest BCUT2D eigenvalue weighted by Crippen LogP contribution is 2.25. The van der Waals surface area contributed by atoms with Gasteiger partial charge in [-0.05, 0) is 61.5 Å². The number of nitrogens with one attached hydrogen (secondary N) is 1. The molecule has 0 aliphatic heterocycles. The first kappa shape index (κ1) is 15.0. The van der Waals surface area contributed by atoms with Crippen molar-refractivity contribution in [3.8, 4) is 0 Å². The van der Waals surface area contributed by atoms with Crippen LogP contribution in [-0.4, -0.2) is 8.42 Å². The van der Waals surface area contributed by atoms with E-state index >= 15 is 0 Å². The van der Waals surface area contributed by atoms with Crippen molar-refractivity contribution in [1.29, 1.82) is 0 Å². The standard InChI is InChI=1S/C11H10Br2N2O2S2/c12-8-3-4-18-11(8)6-15-19(16,17)7-1-2-10(14)9(13)5-7/h1-5,15H,6,14H2. The van der Waals surface area contributed by atoms with Gasteiger partial charge in [-0.15, -0.1) is 11.3 Å². The van der Waals surface area contributed by atoms with Crippen LogP contribution in [0.4, 0.5) is 5.69 Å². The number of benzene rings is 1. The van der Waals surface area contributed by atoms with Crippen LogP contribution >= 0.6 is 43.2 Å². The second-order valence-corrected chi connectivity index (χ2v) is 8.18. The zero-order valence-corrected chi connectivity index (χ0v) is 14.4. The molecule has 0 aliphatic carbocycles. The van der Waals surface area contributed by atoms with Gasteiger partial charge < -0.3 is 5.73 Å². The molecule has 2 aromatic rings. The average Bonchev–Trinajstić information content (AvgIpc) is 2.76. The zero-order valence-electron chi connectivity index (χ0n) is 9.56. The Labute approximate surface area is 132 Å². The van der Waals surface area contributed by atoms with Gasteiger partial charge >= 0.3 is 0 Å². The summed E-state index contributed by atoms with van der Waals surface area (Å²) in [6, 6.07) is 6.40. The number of nitrogen functional groups attached to an aromatic ring is 1. The highest BCUT2D eigenvalue weighted by atomic mass is 79.9. The number of rotatable bonds is 4. The third-order valence-corrected chi connectivity index (χ3v) is 6.41. The molecule has 2 rings (SSSR count). The Morgan fingerprint density at radius 1 is 1.21 bits per heavy atom. The second-order valence-electron chi connectivity index (χ2n) is 3.70. The van der Waals surface area contributed by atoms with Gasteiger partial charge in [0.1, 0.15) is 0 Å². The van der Waals surface area contributed by atoms with Gasteiger partial charge in [0.25, 0.3) is 0 Å². The molecular weight excluding hydrogens is 416 g/mol. The third kappa shape index (κ3) is 3.57. The molecule has 0 amide bonds. The van der Waals surface area contributed by atoms with Gasteiger partial charge in [-0.25, -0.2) is 13.1 Å². The van der Waals surface area contributed by atoms with Gasteiger partial charge in [-0.1, -0.05) is 0 Å². The van der Waals surface area contributed by atoms with Crippen LogP contribution in [-0.2, 0) is 16.6 Å². The van der Waals surface area contributed by atoms with Crippen molar-refractivity contribution in [2.24, 2.45) is 0 Å². The van der Waals surface area contributed by atoms with Crippen molar-refractivity contribution in [1.82, 2.24) is 4.72 Å². The monoisotopic (exact) mass is 424 g/mol. The molecule has 4 nitrogen and oxygen atoms in total. The molecule has 0 fully saturated rings. The summed E-state index contributed by atoms with van der Waals surface area (Å²) in [7, 11) is -3.54. The van der Waals surface area contributed by atoms with Gasteiger partial charge in [-0.2, -0.15) is 0 Å². The van der Waals surface area contributed by atoms with Gasteiger partial charge in [0, 0.05) is 26.1 Å². The Hall–Kier alpha value is -0.410. The van der Waals surface area contributed by atoms with Crippen LogP contribution in [0.1, 0.15) is 4.88 Å². The van der Waals surface area contributed by atoms with Crippen LogP contribution in [0.25, 0.3) is 0 Å². The van der Waals surface area contributed by atoms with E-state index in [1.54, 1.807) is 6.07 Å². The number of nitrogens with two attached hydrogens (primary N) is 1. The first-order valence-corrected chi connectivity index (χ1v) is 9.11. The summed E-state index contributed by atoms with van der Waals surface area (Å²) in [6.45, 7) is 0.253. The summed E-state index contributed by atoms with van der Waals surface area (Å²) in [6.07, 6.45) is 0. The van der Waals surface area contributed by atoms with Crippen LogP contribution < -0.4 is 10.5 Å². The average molecular weight is 426 g/mol. The van der Waals surface area contributed by atoms with Crippen molar-refractivity contribution in [3.05, 3.63) is 43.5 Å². The molecule has 8 heteroatoms. The minimum absolute atomic E-state index is 0.182. The largest absolute Gasteiger partial charge is 0.398 e. The smallest absolute Gasteiger partial charge is 0.240 e. The molecule has 1 aromatic heterocycles. The molecule has 1 aromatic carbocycles. The van der Waals surface area contributed by atoms with Crippen molar-refractivity contribution in [3.63, 3.8) is 0 Å². The maximum Gasteiger partial charge on any atom is 0.240 e. The molecule has 0 unspecified atom stereocenters. The predicted octanol–water partition coefficient (Wildman–Crippen LogP) is 3.33. The molecule has 0 bridgehead atoms. The van der Waals surface area contributed by atoms with E-state index < -0.39 is 10.0 Å². The number of thiophene rings is 1. The Balaban J connectivity index is 2.18. The van der Waals surface area contributed by atoms with Crippen LogP contribution in [0.15, 0.2) is 43.5 Å².